The van der Waals surface area contributed by atoms with E-state index in [-0.39, 0.29) is 17.9 Å². The van der Waals surface area contributed by atoms with E-state index in [4.69, 9.17) is 0 Å². The molecule has 1 rings (SSSR count). The predicted octanol–water partition coefficient (Wildman–Crippen LogP) is 3.26. The van der Waals surface area contributed by atoms with Gasteiger partial charge in [-0.05, 0) is 42.9 Å². The maximum absolute atomic E-state index is 12.5. The van der Waals surface area contributed by atoms with Crippen molar-refractivity contribution in [2.24, 2.45) is 11.8 Å². The van der Waals surface area contributed by atoms with Crippen LogP contribution in [0.2, 0.25) is 0 Å². The minimum absolute atomic E-state index is 0.0510. The largest absolute Gasteiger partial charge is 0.241 e. The van der Waals surface area contributed by atoms with Gasteiger partial charge in [-0.15, -0.1) is 0 Å². The summed E-state index contributed by atoms with van der Waals surface area (Å²) in [4.78, 5) is 0.388. The monoisotopic (exact) mass is 283 g/mol. The fraction of sp³-hybridized carbons (Fsp3) is 0.600. The van der Waals surface area contributed by atoms with Crippen LogP contribution in [0.3, 0.4) is 0 Å². The Balaban J connectivity index is 3.14. The molecule has 0 aromatic heterocycles. The van der Waals surface area contributed by atoms with Gasteiger partial charge in [0.2, 0.25) is 10.0 Å². The Morgan fingerprint density at radius 1 is 1.00 bits per heavy atom. The average Bonchev–Trinajstić information content (AvgIpc) is 2.28. The van der Waals surface area contributed by atoms with Crippen molar-refractivity contribution in [1.82, 2.24) is 4.72 Å². The molecule has 19 heavy (non-hydrogen) atoms. The number of rotatable bonds is 5. The average molecular weight is 283 g/mol. The van der Waals surface area contributed by atoms with E-state index in [1.54, 1.807) is 6.07 Å². The van der Waals surface area contributed by atoms with Gasteiger partial charge in [0.05, 0.1) is 4.90 Å². The molecule has 0 unspecified atom stereocenters. The first-order valence-corrected chi connectivity index (χ1v) is 8.23. The Kier molecular flexibility index (Phi) is 5.16. The van der Waals surface area contributed by atoms with Crippen LogP contribution in [-0.4, -0.2) is 14.5 Å². The molecule has 0 bridgehead atoms. The van der Waals surface area contributed by atoms with Crippen LogP contribution in [0.4, 0.5) is 0 Å². The van der Waals surface area contributed by atoms with Crippen LogP contribution in [0.5, 0.6) is 0 Å². The van der Waals surface area contributed by atoms with Gasteiger partial charge >= 0.3 is 0 Å². The van der Waals surface area contributed by atoms with E-state index in [2.05, 4.69) is 4.72 Å². The van der Waals surface area contributed by atoms with Crippen molar-refractivity contribution in [3.63, 3.8) is 0 Å². The van der Waals surface area contributed by atoms with Crippen LogP contribution in [0.25, 0.3) is 0 Å². The van der Waals surface area contributed by atoms with Crippen molar-refractivity contribution in [2.75, 3.05) is 0 Å². The van der Waals surface area contributed by atoms with Gasteiger partial charge in [-0.3, -0.25) is 0 Å². The molecule has 3 nitrogen and oxygen atoms in total. The normalized spacial score (nSPS) is 12.7. The van der Waals surface area contributed by atoms with Gasteiger partial charge in [-0.2, -0.15) is 0 Å². The third-order valence-corrected chi connectivity index (χ3v) is 4.96. The predicted molar refractivity (Wildman–Crippen MR) is 79.7 cm³/mol. The molecule has 0 spiro atoms. The van der Waals surface area contributed by atoms with Crippen molar-refractivity contribution in [3.8, 4) is 0 Å². The number of nitrogens with one attached hydrogen (secondary N) is 1. The number of hydrogen-bond donors (Lipinski definition) is 1. The highest BCUT2D eigenvalue weighted by Gasteiger charge is 2.25. The maximum Gasteiger partial charge on any atom is 0.241 e. The molecule has 0 aliphatic carbocycles. The van der Waals surface area contributed by atoms with Crippen LogP contribution in [0, 0.1) is 25.7 Å². The summed E-state index contributed by atoms with van der Waals surface area (Å²) in [5, 5.41) is 0. The highest BCUT2D eigenvalue weighted by atomic mass is 32.2. The lowest BCUT2D eigenvalue weighted by atomic mass is 9.94. The molecular formula is C15H25NO2S. The summed E-state index contributed by atoms with van der Waals surface area (Å²) >= 11 is 0. The molecule has 1 N–H and O–H groups in total. The summed E-state index contributed by atoms with van der Waals surface area (Å²) in [5.74, 6) is 0.528. The molecule has 0 heterocycles. The van der Waals surface area contributed by atoms with E-state index in [0.717, 1.165) is 11.1 Å². The van der Waals surface area contributed by atoms with Crippen LogP contribution < -0.4 is 4.72 Å². The van der Waals surface area contributed by atoms with E-state index in [1.165, 1.54) is 0 Å². The van der Waals surface area contributed by atoms with Gasteiger partial charge < -0.3 is 0 Å². The van der Waals surface area contributed by atoms with Crippen LogP contribution in [-0.2, 0) is 10.0 Å². The molecule has 0 aliphatic rings. The quantitative estimate of drug-likeness (QED) is 0.901. The SMILES string of the molecule is Cc1ccc(C)c(S(=O)(=O)NC(C(C)C)C(C)C)c1. The van der Waals surface area contributed by atoms with Gasteiger partial charge in [-0.1, -0.05) is 39.8 Å². The lowest BCUT2D eigenvalue weighted by molar-refractivity contribution is 0.355. The zero-order chi connectivity index (χ0) is 14.8. The first kappa shape index (κ1) is 16.2. The molecule has 0 aliphatic heterocycles. The van der Waals surface area contributed by atoms with E-state index in [9.17, 15) is 8.42 Å². The van der Waals surface area contributed by atoms with Crippen molar-refractivity contribution in [2.45, 2.75) is 52.5 Å². The van der Waals surface area contributed by atoms with Crippen molar-refractivity contribution in [3.05, 3.63) is 29.3 Å². The van der Waals surface area contributed by atoms with E-state index in [0.29, 0.717) is 4.90 Å². The molecular weight excluding hydrogens is 258 g/mol. The summed E-state index contributed by atoms with van der Waals surface area (Å²) < 4.78 is 27.9. The molecule has 1 aromatic carbocycles. The van der Waals surface area contributed by atoms with Crippen LogP contribution in [0.1, 0.15) is 38.8 Å². The van der Waals surface area contributed by atoms with Crippen LogP contribution >= 0.6 is 0 Å². The molecule has 0 atom stereocenters. The standard InChI is InChI=1S/C15H25NO2S/c1-10(2)15(11(3)4)16-19(17,18)14-9-12(5)7-8-13(14)6/h7-11,15-16H,1-6H3. The van der Waals surface area contributed by atoms with Crippen molar-refractivity contribution in [1.29, 1.82) is 0 Å². The first-order chi connectivity index (χ1) is 8.65. The third-order valence-electron chi connectivity index (χ3n) is 3.36. The summed E-state index contributed by atoms with van der Waals surface area (Å²) in [5.41, 5.74) is 1.74. The number of aryl methyl sites for hydroxylation is 2. The smallest absolute Gasteiger partial charge is 0.208 e. The second-order valence-electron chi connectivity index (χ2n) is 5.90. The number of benzene rings is 1. The second kappa shape index (κ2) is 6.06. The van der Waals surface area contributed by atoms with Gasteiger partial charge in [0.15, 0.2) is 0 Å². The Labute approximate surface area is 117 Å². The lowest BCUT2D eigenvalue weighted by Gasteiger charge is -2.26. The minimum atomic E-state index is -3.45. The zero-order valence-corrected chi connectivity index (χ0v) is 13.5. The summed E-state index contributed by atoms with van der Waals surface area (Å²) in [6, 6.07) is 5.46. The second-order valence-corrected chi connectivity index (χ2v) is 7.59. The molecule has 0 amide bonds. The van der Waals surface area contributed by atoms with Gasteiger partial charge in [0, 0.05) is 6.04 Å². The number of sulfonamides is 1. The lowest BCUT2D eigenvalue weighted by Crippen LogP contribution is -2.42. The summed E-state index contributed by atoms with van der Waals surface area (Å²) in [6.07, 6.45) is 0. The summed E-state index contributed by atoms with van der Waals surface area (Å²) in [6.45, 7) is 11.9. The topological polar surface area (TPSA) is 46.2 Å². The van der Waals surface area contributed by atoms with Crippen molar-refractivity contribution >= 4 is 10.0 Å². The number of hydrogen-bond acceptors (Lipinski definition) is 2. The molecule has 0 fully saturated rings. The maximum atomic E-state index is 12.5. The fourth-order valence-electron chi connectivity index (χ4n) is 2.28. The van der Waals surface area contributed by atoms with Gasteiger partial charge in [0.25, 0.3) is 0 Å². The third kappa shape index (κ3) is 4.05. The Morgan fingerprint density at radius 2 is 1.53 bits per heavy atom. The highest BCUT2D eigenvalue weighted by molar-refractivity contribution is 7.89. The molecule has 108 valence electrons. The molecule has 4 heteroatoms. The Hall–Kier alpha value is -0.870. The van der Waals surface area contributed by atoms with Crippen molar-refractivity contribution < 1.29 is 8.42 Å². The first-order valence-electron chi connectivity index (χ1n) is 6.74. The van der Waals surface area contributed by atoms with E-state index in [1.807, 2.05) is 53.7 Å². The van der Waals surface area contributed by atoms with E-state index < -0.39 is 10.0 Å². The van der Waals surface area contributed by atoms with Gasteiger partial charge in [0.1, 0.15) is 0 Å². The Bertz CT molecular complexity index is 525. The molecule has 0 saturated heterocycles. The molecule has 0 saturated carbocycles. The molecule has 1 aromatic rings. The Morgan fingerprint density at radius 3 is 2.00 bits per heavy atom. The zero-order valence-electron chi connectivity index (χ0n) is 12.7. The van der Waals surface area contributed by atoms with Gasteiger partial charge in [-0.25, -0.2) is 13.1 Å². The van der Waals surface area contributed by atoms with Crippen LogP contribution in [0.15, 0.2) is 23.1 Å². The fourth-order valence-corrected chi connectivity index (χ4v) is 4.14. The van der Waals surface area contributed by atoms with E-state index >= 15 is 0 Å². The summed E-state index contributed by atoms with van der Waals surface area (Å²) in [7, 11) is -3.45. The minimum Gasteiger partial charge on any atom is -0.208 e. The highest BCUT2D eigenvalue weighted by Crippen LogP contribution is 2.20. The molecule has 0 radical (unpaired) electrons.